The normalized spacial score (nSPS) is 12.1. The Morgan fingerprint density at radius 2 is 2.09 bits per heavy atom. The smallest absolute Gasteiger partial charge is 0.338 e. The van der Waals surface area contributed by atoms with Gasteiger partial charge in [0.15, 0.2) is 11.5 Å². The van der Waals surface area contributed by atoms with E-state index < -0.39 is 5.97 Å². The van der Waals surface area contributed by atoms with E-state index in [1.807, 2.05) is 31.2 Å². The van der Waals surface area contributed by atoms with Crippen LogP contribution in [0.1, 0.15) is 15.9 Å². The molecule has 1 aliphatic heterocycles. The maximum atomic E-state index is 12.0. The predicted octanol–water partition coefficient (Wildman–Crippen LogP) is 3.61. The van der Waals surface area contributed by atoms with Gasteiger partial charge in [-0.15, -0.1) is 0 Å². The molecular formula is C17H15ClO5. The Balaban J connectivity index is 1.53. The molecule has 23 heavy (non-hydrogen) atoms. The Morgan fingerprint density at radius 1 is 1.22 bits per heavy atom. The summed E-state index contributed by atoms with van der Waals surface area (Å²) < 4.78 is 21.1. The predicted molar refractivity (Wildman–Crippen MR) is 84.5 cm³/mol. The first-order valence-corrected chi connectivity index (χ1v) is 7.47. The highest BCUT2D eigenvalue weighted by Gasteiger charge is 2.21. The molecule has 0 amide bonds. The van der Waals surface area contributed by atoms with Crippen LogP contribution in [0.4, 0.5) is 0 Å². The van der Waals surface area contributed by atoms with Crippen molar-refractivity contribution >= 4 is 17.6 Å². The summed E-state index contributed by atoms with van der Waals surface area (Å²) in [6.07, 6.45) is 0. The van der Waals surface area contributed by atoms with Crippen molar-refractivity contribution < 1.29 is 23.7 Å². The molecule has 0 fully saturated rings. The van der Waals surface area contributed by atoms with Crippen LogP contribution in [0.5, 0.6) is 17.2 Å². The highest BCUT2D eigenvalue weighted by molar-refractivity contribution is 6.32. The average molecular weight is 335 g/mol. The second kappa shape index (κ2) is 6.79. The Labute approximate surface area is 138 Å². The number of aryl methyl sites for hydroxylation is 1. The summed E-state index contributed by atoms with van der Waals surface area (Å²) in [6, 6.07) is 10.7. The summed E-state index contributed by atoms with van der Waals surface area (Å²) >= 11 is 6.04. The van der Waals surface area contributed by atoms with Crippen LogP contribution in [0.25, 0.3) is 0 Å². The van der Waals surface area contributed by atoms with E-state index in [2.05, 4.69) is 0 Å². The van der Waals surface area contributed by atoms with Crippen molar-refractivity contribution in [1.29, 1.82) is 0 Å². The number of ether oxygens (including phenoxy) is 4. The zero-order valence-electron chi connectivity index (χ0n) is 12.5. The molecule has 0 bridgehead atoms. The lowest BCUT2D eigenvalue weighted by Crippen LogP contribution is -2.12. The van der Waals surface area contributed by atoms with Gasteiger partial charge < -0.3 is 18.9 Å². The van der Waals surface area contributed by atoms with Gasteiger partial charge in [0.2, 0.25) is 6.79 Å². The molecule has 0 radical (unpaired) electrons. The summed E-state index contributed by atoms with van der Waals surface area (Å²) in [7, 11) is 0. The Hall–Kier alpha value is -2.40. The van der Waals surface area contributed by atoms with Gasteiger partial charge in [-0.1, -0.05) is 23.7 Å². The average Bonchev–Trinajstić information content (AvgIpc) is 3.00. The van der Waals surface area contributed by atoms with E-state index in [0.29, 0.717) is 22.1 Å². The van der Waals surface area contributed by atoms with E-state index in [0.717, 1.165) is 11.3 Å². The molecule has 1 aliphatic rings. The number of fused-ring (bicyclic) bond motifs is 1. The van der Waals surface area contributed by atoms with Gasteiger partial charge in [0.25, 0.3) is 0 Å². The SMILES string of the molecule is Cc1cccc(OCCOC(=O)c2cc(Cl)c3c(c2)OCO3)c1. The molecule has 120 valence electrons. The molecule has 0 N–H and O–H groups in total. The van der Waals surface area contributed by atoms with Gasteiger partial charge in [0.1, 0.15) is 19.0 Å². The number of esters is 1. The zero-order chi connectivity index (χ0) is 16.2. The van der Waals surface area contributed by atoms with E-state index in [-0.39, 0.29) is 20.0 Å². The Kier molecular flexibility index (Phi) is 4.57. The lowest BCUT2D eigenvalue weighted by atomic mass is 10.2. The van der Waals surface area contributed by atoms with Gasteiger partial charge in [-0.25, -0.2) is 4.79 Å². The quantitative estimate of drug-likeness (QED) is 0.617. The van der Waals surface area contributed by atoms with E-state index in [1.165, 1.54) is 6.07 Å². The van der Waals surface area contributed by atoms with Crippen LogP contribution in [0.3, 0.4) is 0 Å². The van der Waals surface area contributed by atoms with Crippen LogP contribution in [-0.2, 0) is 4.74 Å². The molecule has 0 saturated heterocycles. The first-order chi connectivity index (χ1) is 11.1. The summed E-state index contributed by atoms with van der Waals surface area (Å²) in [4.78, 5) is 12.0. The number of halogens is 1. The molecule has 6 heteroatoms. The minimum absolute atomic E-state index is 0.0951. The molecule has 0 unspecified atom stereocenters. The molecule has 1 heterocycles. The maximum absolute atomic E-state index is 12.0. The highest BCUT2D eigenvalue weighted by Crippen LogP contribution is 2.39. The number of carbonyl (C=O) groups excluding carboxylic acids is 1. The van der Waals surface area contributed by atoms with Crippen LogP contribution in [0.2, 0.25) is 5.02 Å². The summed E-state index contributed by atoms with van der Waals surface area (Å²) in [5, 5.41) is 0.322. The first-order valence-electron chi connectivity index (χ1n) is 7.09. The maximum Gasteiger partial charge on any atom is 0.338 e. The molecule has 0 atom stereocenters. The van der Waals surface area contributed by atoms with Crippen LogP contribution in [-0.4, -0.2) is 26.0 Å². The second-order valence-corrected chi connectivity index (χ2v) is 5.40. The number of hydrogen-bond donors (Lipinski definition) is 0. The van der Waals surface area contributed by atoms with Gasteiger partial charge in [-0.05, 0) is 36.8 Å². The van der Waals surface area contributed by atoms with Crippen molar-refractivity contribution in [3.05, 3.63) is 52.5 Å². The zero-order valence-corrected chi connectivity index (χ0v) is 13.3. The van der Waals surface area contributed by atoms with Crippen molar-refractivity contribution in [3.8, 4) is 17.2 Å². The molecule has 5 nitrogen and oxygen atoms in total. The van der Waals surface area contributed by atoms with E-state index in [1.54, 1.807) is 6.07 Å². The lowest BCUT2D eigenvalue weighted by Gasteiger charge is -2.08. The van der Waals surface area contributed by atoms with Gasteiger partial charge >= 0.3 is 5.97 Å². The summed E-state index contributed by atoms with van der Waals surface area (Å²) in [5.74, 6) is 1.15. The van der Waals surface area contributed by atoms with Gasteiger partial charge in [-0.3, -0.25) is 0 Å². The summed E-state index contributed by atoms with van der Waals surface area (Å²) in [5.41, 5.74) is 1.42. The monoisotopic (exact) mass is 334 g/mol. The molecule has 0 aromatic heterocycles. The number of benzene rings is 2. The third kappa shape index (κ3) is 3.68. The molecule has 0 aliphatic carbocycles. The topological polar surface area (TPSA) is 54.0 Å². The van der Waals surface area contributed by atoms with Crippen molar-refractivity contribution in [1.82, 2.24) is 0 Å². The molecular weight excluding hydrogens is 320 g/mol. The third-order valence-electron chi connectivity index (χ3n) is 3.24. The van der Waals surface area contributed by atoms with Crippen LogP contribution >= 0.6 is 11.6 Å². The first kappa shape index (κ1) is 15.5. The molecule has 2 aromatic carbocycles. The van der Waals surface area contributed by atoms with Crippen molar-refractivity contribution in [3.63, 3.8) is 0 Å². The van der Waals surface area contributed by atoms with Gasteiger partial charge in [-0.2, -0.15) is 0 Å². The fraction of sp³-hybridized carbons (Fsp3) is 0.235. The van der Waals surface area contributed by atoms with Crippen LogP contribution in [0, 0.1) is 6.92 Å². The Bertz CT molecular complexity index is 729. The molecule has 0 spiro atoms. The van der Waals surface area contributed by atoms with E-state index in [9.17, 15) is 4.79 Å². The largest absolute Gasteiger partial charge is 0.490 e. The van der Waals surface area contributed by atoms with Crippen molar-refractivity contribution in [2.45, 2.75) is 6.92 Å². The van der Waals surface area contributed by atoms with Crippen molar-refractivity contribution in [2.75, 3.05) is 20.0 Å². The van der Waals surface area contributed by atoms with Crippen LogP contribution < -0.4 is 14.2 Å². The lowest BCUT2D eigenvalue weighted by molar-refractivity contribution is 0.0450. The standard InChI is InChI=1S/C17H15ClO5/c1-11-3-2-4-13(7-11)20-5-6-21-17(19)12-8-14(18)16-15(9-12)22-10-23-16/h2-4,7-9H,5-6,10H2,1H3. The fourth-order valence-corrected chi connectivity index (χ4v) is 2.43. The highest BCUT2D eigenvalue weighted by atomic mass is 35.5. The van der Waals surface area contributed by atoms with Crippen molar-refractivity contribution in [2.24, 2.45) is 0 Å². The fourth-order valence-electron chi connectivity index (χ4n) is 2.17. The number of carbonyl (C=O) groups is 1. The van der Waals surface area contributed by atoms with Gasteiger partial charge in [0, 0.05) is 0 Å². The summed E-state index contributed by atoms with van der Waals surface area (Å²) in [6.45, 7) is 2.49. The minimum atomic E-state index is -0.488. The minimum Gasteiger partial charge on any atom is -0.490 e. The molecule has 2 aromatic rings. The Morgan fingerprint density at radius 3 is 2.91 bits per heavy atom. The molecule has 3 rings (SSSR count). The molecule has 0 saturated carbocycles. The van der Waals surface area contributed by atoms with E-state index >= 15 is 0 Å². The third-order valence-corrected chi connectivity index (χ3v) is 3.52. The van der Waals surface area contributed by atoms with Crippen LogP contribution in [0.15, 0.2) is 36.4 Å². The number of hydrogen-bond acceptors (Lipinski definition) is 5. The second-order valence-electron chi connectivity index (χ2n) is 4.99. The van der Waals surface area contributed by atoms with Gasteiger partial charge in [0.05, 0.1) is 10.6 Å². The van der Waals surface area contributed by atoms with E-state index in [4.69, 9.17) is 30.5 Å². The number of rotatable bonds is 5.